The Morgan fingerprint density at radius 2 is 1.79 bits per heavy atom. The average molecular weight is 409 g/mol. The van der Waals surface area contributed by atoms with Crippen molar-refractivity contribution in [3.8, 4) is 0 Å². The average Bonchev–Trinajstić information content (AvgIpc) is 2.68. The van der Waals surface area contributed by atoms with Gasteiger partial charge >= 0.3 is 0 Å². The number of hydrogen-bond acceptors (Lipinski definition) is 4. The molecule has 1 aliphatic carbocycles. The molecule has 0 bridgehead atoms. The lowest BCUT2D eigenvalue weighted by Gasteiger charge is -2.34. The molecule has 0 saturated heterocycles. The maximum Gasteiger partial charge on any atom is 0.218 e. The van der Waals surface area contributed by atoms with Crippen LogP contribution in [0.2, 0.25) is 0 Å². The van der Waals surface area contributed by atoms with Gasteiger partial charge in [-0.2, -0.15) is 0 Å². The van der Waals surface area contributed by atoms with Crippen molar-refractivity contribution in [3.05, 3.63) is 48.6 Å². The van der Waals surface area contributed by atoms with Gasteiger partial charge in [0.2, 0.25) is 10.0 Å². The SMILES string of the molecule is C=CCN(C)CCCCOC1CCC(N(C)S(=O)(=O)Cc2ccccc2)CC1. The monoisotopic (exact) mass is 408 g/mol. The second kappa shape index (κ2) is 11.7. The second-order valence-electron chi connectivity index (χ2n) is 7.82. The van der Waals surface area contributed by atoms with E-state index < -0.39 is 10.0 Å². The minimum atomic E-state index is -3.29. The summed E-state index contributed by atoms with van der Waals surface area (Å²) in [5.74, 6) is 0.0705. The molecule has 0 aromatic heterocycles. The molecular weight excluding hydrogens is 372 g/mol. The summed E-state index contributed by atoms with van der Waals surface area (Å²) in [5, 5.41) is 0. The molecule has 1 saturated carbocycles. The van der Waals surface area contributed by atoms with Gasteiger partial charge in [0.15, 0.2) is 0 Å². The van der Waals surface area contributed by atoms with E-state index in [2.05, 4.69) is 18.5 Å². The number of rotatable bonds is 12. The molecule has 1 aromatic rings. The molecule has 0 heterocycles. The Balaban J connectivity index is 1.67. The zero-order valence-electron chi connectivity index (χ0n) is 17.4. The summed E-state index contributed by atoms with van der Waals surface area (Å²) in [6, 6.07) is 9.48. The van der Waals surface area contributed by atoms with Gasteiger partial charge in [-0.3, -0.25) is 0 Å². The van der Waals surface area contributed by atoms with Crippen molar-refractivity contribution in [1.82, 2.24) is 9.21 Å². The standard InChI is InChI=1S/C22H36N2O3S/c1-4-16-23(2)17-8-9-18-27-22-14-12-21(13-15-22)24(3)28(25,26)19-20-10-6-5-7-11-20/h4-7,10-11,21-22H,1,8-9,12-19H2,2-3H3. The molecule has 1 aromatic carbocycles. The molecule has 0 atom stereocenters. The van der Waals surface area contributed by atoms with Crippen LogP contribution in [-0.4, -0.2) is 63.6 Å². The van der Waals surface area contributed by atoms with E-state index in [-0.39, 0.29) is 17.9 Å². The summed E-state index contributed by atoms with van der Waals surface area (Å²) in [6.45, 7) is 6.53. The zero-order valence-corrected chi connectivity index (χ0v) is 18.2. The molecular formula is C22H36N2O3S. The smallest absolute Gasteiger partial charge is 0.218 e. The van der Waals surface area contributed by atoms with E-state index in [1.165, 1.54) is 0 Å². The van der Waals surface area contributed by atoms with Crippen LogP contribution >= 0.6 is 0 Å². The largest absolute Gasteiger partial charge is 0.378 e. The number of hydrogen-bond donors (Lipinski definition) is 0. The van der Waals surface area contributed by atoms with Gasteiger partial charge in [-0.1, -0.05) is 36.4 Å². The molecule has 5 nitrogen and oxygen atoms in total. The summed E-state index contributed by atoms with van der Waals surface area (Å²) in [4.78, 5) is 2.25. The molecule has 2 rings (SSSR count). The van der Waals surface area contributed by atoms with Crippen LogP contribution in [0.3, 0.4) is 0 Å². The van der Waals surface area contributed by atoms with E-state index in [4.69, 9.17) is 4.74 Å². The quantitative estimate of drug-likeness (QED) is 0.391. The highest BCUT2D eigenvalue weighted by atomic mass is 32.2. The van der Waals surface area contributed by atoms with Crippen LogP contribution in [0.4, 0.5) is 0 Å². The normalized spacial score (nSPS) is 20.6. The van der Waals surface area contributed by atoms with Gasteiger partial charge in [-0.25, -0.2) is 12.7 Å². The lowest BCUT2D eigenvalue weighted by Crippen LogP contribution is -2.41. The number of sulfonamides is 1. The molecule has 1 aliphatic rings. The van der Waals surface area contributed by atoms with Crippen LogP contribution in [0.5, 0.6) is 0 Å². The van der Waals surface area contributed by atoms with Crippen LogP contribution in [0, 0.1) is 0 Å². The predicted molar refractivity (Wildman–Crippen MR) is 116 cm³/mol. The number of ether oxygens (including phenoxy) is 1. The van der Waals surface area contributed by atoms with E-state index in [1.807, 2.05) is 36.4 Å². The summed E-state index contributed by atoms with van der Waals surface area (Å²) >= 11 is 0. The van der Waals surface area contributed by atoms with Gasteiger partial charge in [0, 0.05) is 26.2 Å². The molecule has 0 amide bonds. The van der Waals surface area contributed by atoms with Crippen molar-refractivity contribution in [2.75, 3.05) is 33.8 Å². The Morgan fingerprint density at radius 1 is 1.11 bits per heavy atom. The van der Waals surface area contributed by atoms with Gasteiger partial charge in [0.05, 0.1) is 11.9 Å². The molecule has 28 heavy (non-hydrogen) atoms. The van der Waals surface area contributed by atoms with Crippen LogP contribution in [0.15, 0.2) is 43.0 Å². The maximum atomic E-state index is 12.7. The zero-order chi connectivity index (χ0) is 20.4. The summed E-state index contributed by atoms with van der Waals surface area (Å²) in [5.41, 5.74) is 0.838. The van der Waals surface area contributed by atoms with Crippen molar-refractivity contribution in [2.24, 2.45) is 0 Å². The third-order valence-electron chi connectivity index (χ3n) is 5.52. The highest BCUT2D eigenvalue weighted by Gasteiger charge is 2.30. The van der Waals surface area contributed by atoms with E-state index in [0.29, 0.717) is 0 Å². The van der Waals surface area contributed by atoms with Crippen molar-refractivity contribution in [3.63, 3.8) is 0 Å². The topological polar surface area (TPSA) is 49.9 Å². The molecule has 0 radical (unpaired) electrons. The Bertz CT molecular complexity index is 670. The van der Waals surface area contributed by atoms with E-state index in [0.717, 1.165) is 63.8 Å². The van der Waals surface area contributed by atoms with E-state index >= 15 is 0 Å². The van der Waals surface area contributed by atoms with Gasteiger partial charge in [-0.15, -0.1) is 6.58 Å². The van der Waals surface area contributed by atoms with Crippen molar-refractivity contribution in [1.29, 1.82) is 0 Å². The fourth-order valence-electron chi connectivity index (χ4n) is 3.73. The van der Waals surface area contributed by atoms with Crippen LogP contribution < -0.4 is 0 Å². The second-order valence-corrected chi connectivity index (χ2v) is 9.85. The minimum absolute atomic E-state index is 0.0705. The summed E-state index contributed by atoms with van der Waals surface area (Å²) < 4.78 is 33.0. The van der Waals surface area contributed by atoms with Gasteiger partial charge in [0.1, 0.15) is 0 Å². The third-order valence-corrected chi connectivity index (χ3v) is 7.39. The van der Waals surface area contributed by atoms with Crippen LogP contribution in [-0.2, 0) is 20.5 Å². The number of likely N-dealkylation sites (N-methyl/N-ethyl adjacent to an activating group) is 1. The molecule has 0 N–H and O–H groups in total. The summed E-state index contributed by atoms with van der Waals surface area (Å²) in [6.07, 6.45) is 8.00. The van der Waals surface area contributed by atoms with Crippen LogP contribution in [0.1, 0.15) is 44.1 Å². The highest BCUT2D eigenvalue weighted by molar-refractivity contribution is 7.88. The first kappa shape index (κ1) is 23.1. The van der Waals surface area contributed by atoms with E-state index in [1.54, 1.807) is 11.4 Å². The lowest BCUT2D eigenvalue weighted by molar-refractivity contribution is 0.0153. The predicted octanol–water partition coefficient (Wildman–Crippen LogP) is 3.67. The van der Waals surface area contributed by atoms with Crippen molar-refractivity contribution in [2.45, 2.75) is 56.4 Å². The molecule has 1 fully saturated rings. The van der Waals surface area contributed by atoms with Crippen molar-refractivity contribution >= 4 is 10.0 Å². The first-order valence-corrected chi connectivity index (χ1v) is 11.9. The first-order valence-electron chi connectivity index (χ1n) is 10.3. The molecule has 0 aliphatic heterocycles. The Kier molecular flexibility index (Phi) is 9.65. The maximum absolute atomic E-state index is 12.7. The molecule has 6 heteroatoms. The number of benzene rings is 1. The Hall–Kier alpha value is -1.21. The lowest BCUT2D eigenvalue weighted by atomic mass is 9.93. The van der Waals surface area contributed by atoms with Gasteiger partial charge in [-0.05, 0) is 57.7 Å². The van der Waals surface area contributed by atoms with Gasteiger partial charge in [0.25, 0.3) is 0 Å². The van der Waals surface area contributed by atoms with Crippen molar-refractivity contribution < 1.29 is 13.2 Å². The van der Waals surface area contributed by atoms with Gasteiger partial charge < -0.3 is 9.64 Å². The van der Waals surface area contributed by atoms with E-state index in [9.17, 15) is 8.42 Å². The third kappa shape index (κ3) is 7.66. The summed E-state index contributed by atoms with van der Waals surface area (Å²) in [7, 11) is 0.543. The molecule has 0 spiro atoms. The minimum Gasteiger partial charge on any atom is -0.378 e. The Morgan fingerprint density at radius 3 is 2.43 bits per heavy atom. The number of nitrogens with zero attached hydrogens (tertiary/aromatic N) is 2. The molecule has 158 valence electrons. The Labute approximate surface area is 171 Å². The molecule has 0 unspecified atom stereocenters. The fourth-order valence-corrected chi connectivity index (χ4v) is 5.22. The van der Waals surface area contributed by atoms with Crippen LogP contribution in [0.25, 0.3) is 0 Å². The number of unbranched alkanes of at least 4 members (excludes halogenated alkanes) is 1. The highest BCUT2D eigenvalue weighted by Crippen LogP contribution is 2.27. The fraction of sp³-hybridized carbons (Fsp3) is 0.636. The first-order chi connectivity index (χ1) is 13.4.